The maximum absolute atomic E-state index is 12.5. The number of hydrogen-bond acceptors (Lipinski definition) is 4. The highest BCUT2D eigenvalue weighted by molar-refractivity contribution is 6.30. The second-order valence-electron chi connectivity index (χ2n) is 6.89. The van der Waals surface area contributed by atoms with Crippen LogP contribution in [0.2, 0.25) is 5.02 Å². The van der Waals surface area contributed by atoms with Crippen LogP contribution in [0.15, 0.2) is 24.3 Å². The van der Waals surface area contributed by atoms with Gasteiger partial charge >= 0.3 is 0 Å². The molecule has 2 saturated heterocycles. The second-order valence-corrected chi connectivity index (χ2v) is 7.32. The third-order valence-electron chi connectivity index (χ3n) is 5.22. The molecule has 1 aromatic rings. The Morgan fingerprint density at radius 3 is 2.36 bits per heavy atom. The molecule has 0 aliphatic carbocycles. The van der Waals surface area contributed by atoms with E-state index in [9.17, 15) is 4.79 Å². The largest absolute Gasteiger partial charge is 0.492 e. The van der Waals surface area contributed by atoms with Gasteiger partial charge in [-0.25, -0.2) is 0 Å². The van der Waals surface area contributed by atoms with Crippen LogP contribution in [0, 0.1) is 0 Å². The van der Waals surface area contributed by atoms with Gasteiger partial charge in [-0.3, -0.25) is 14.6 Å². The summed E-state index contributed by atoms with van der Waals surface area (Å²) in [6, 6.07) is 7.48. The number of carbonyl (C=O) groups excluding carboxylic acids is 1. The van der Waals surface area contributed by atoms with Crippen molar-refractivity contribution in [1.82, 2.24) is 14.7 Å². The van der Waals surface area contributed by atoms with E-state index in [0.717, 1.165) is 69.4 Å². The molecule has 6 heteroatoms. The molecule has 0 saturated carbocycles. The normalized spacial score (nSPS) is 20.6. The van der Waals surface area contributed by atoms with Crippen molar-refractivity contribution in [1.29, 1.82) is 0 Å². The molecule has 25 heavy (non-hydrogen) atoms. The minimum atomic E-state index is 0.00515. The molecular formula is C19H28ClN3O2. The summed E-state index contributed by atoms with van der Waals surface area (Å²) in [6.07, 6.45) is 2.31. The Labute approximate surface area is 155 Å². The molecule has 138 valence electrons. The number of carbonyl (C=O) groups is 1. The van der Waals surface area contributed by atoms with Gasteiger partial charge in [0.05, 0.1) is 6.04 Å². The molecule has 1 aromatic carbocycles. The van der Waals surface area contributed by atoms with Crippen molar-refractivity contribution in [3.63, 3.8) is 0 Å². The van der Waals surface area contributed by atoms with Gasteiger partial charge in [-0.15, -0.1) is 0 Å². The fourth-order valence-corrected chi connectivity index (χ4v) is 3.68. The highest BCUT2D eigenvalue weighted by Crippen LogP contribution is 2.16. The summed E-state index contributed by atoms with van der Waals surface area (Å²) >= 11 is 5.87. The Hall–Kier alpha value is -1.30. The number of amides is 1. The third-order valence-corrected chi connectivity index (χ3v) is 5.47. The molecular weight excluding hydrogens is 338 g/mol. The number of halogens is 1. The minimum absolute atomic E-state index is 0.00515. The number of rotatable bonds is 6. The summed E-state index contributed by atoms with van der Waals surface area (Å²) in [5, 5.41) is 0.723. The molecule has 0 aromatic heterocycles. The zero-order valence-corrected chi connectivity index (χ0v) is 15.7. The van der Waals surface area contributed by atoms with Crippen LogP contribution in [0.5, 0.6) is 5.75 Å². The lowest BCUT2D eigenvalue weighted by atomic mass is 10.2. The summed E-state index contributed by atoms with van der Waals surface area (Å²) in [7, 11) is 0. The first-order valence-electron chi connectivity index (χ1n) is 9.27. The fourth-order valence-electron chi connectivity index (χ4n) is 3.56. The maximum atomic E-state index is 12.5. The lowest BCUT2D eigenvalue weighted by Crippen LogP contribution is -2.54. The fraction of sp³-hybridized carbons (Fsp3) is 0.632. The first kappa shape index (κ1) is 18.5. The molecule has 3 rings (SSSR count). The molecule has 1 atom stereocenters. The van der Waals surface area contributed by atoms with E-state index in [1.54, 1.807) is 0 Å². The molecule has 2 heterocycles. The van der Waals surface area contributed by atoms with E-state index in [0.29, 0.717) is 12.5 Å². The van der Waals surface area contributed by atoms with E-state index in [4.69, 9.17) is 16.3 Å². The van der Waals surface area contributed by atoms with E-state index in [2.05, 4.69) is 16.7 Å². The van der Waals surface area contributed by atoms with Crippen LogP contribution in [0.3, 0.4) is 0 Å². The summed E-state index contributed by atoms with van der Waals surface area (Å²) in [4.78, 5) is 19.3. The van der Waals surface area contributed by atoms with Crippen molar-refractivity contribution < 1.29 is 9.53 Å². The van der Waals surface area contributed by atoms with Crippen LogP contribution < -0.4 is 4.74 Å². The first-order chi connectivity index (χ1) is 12.1. The molecule has 0 bridgehead atoms. The highest BCUT2D eigenvalue weighted by atomic mass is 35.5. The zero-order valence-electron chi connectivity index (χ0n) is 15.0. The van der Waals surface area contributed by atoms with Gasteiger partial charge in [-0.05, 0) is 44.0 Å². The molecule has 2 aliphatic rings. The molecule has 0 radical (unpaired) electrons. The number of piperazine rings is 1. The average Bonchev–Trinajstić information content (AvgIpc) is 3.17. The van der Waals surface area contributed by atoms with Crippen molar-refractivity contribution in [2.45, 2.75) is 25.8 Å². The van der Waals surface area contributed by atoms with Crippen molar-refractivity contribution in [3.8, 4) is 5.75 Å². The highest BCUT2D eigenvalue weighted by Gasteiger charge is 2.29. The minimum Gasteiger partial charge on any atom is -0.492 e. The Bertz CT molecular complexity index is 552. The van der Waals surface area contributed by atoms with Crippen LogP contribution >= 0.6 is 11.6 Å². The van der Waals surface area contributed by atoms with E-state index in [1.807, 2.05) is 29.2 Å². The molecule has 1 unspecified atom stereocenters. The van der Waals surface area contributed by atoms with E-state index in [-0.39, 0.29) is 6.04 Å². The van der Waals surface area contributed by atoms with Crippen LogP contribution in [0.4, 0.5) is 0 Å². The first-order valence-corrected chi connectivity index (χ1v) is 9.65. The van der Waals surface area contributed by atoms with Crippen LogP contribution in [-0.4, -0.2) is 79.1 Å². The van der Waals surface area contributed by atoms with Gasteiger partial charge in [0.25, 0.3) is 0 Å². The zero-order chi connectivity index (χ0) is 17.6. The predicted molar refractivity (Wildman–Crippen MR) is 100 cm³/mol. The van der Waals surface area contributed by atoms with Crippen LogP contribution in [-0.2, 0) is 4.79 Å². The van der Waals surface area contributed by atoms with E-state index < -0.39 is 0 Å². The predicted octanol–water partition coefficient (Wildman–Crippen LogP) is 2.35. The molecule has 1 amide bonds. The lowest BCUT2D eigenvalue weighted by Gasteiger charge is -2.38. The number of likely N-dealkylation sites (tertiary alicyclic amines) is 1. The van der Waals surface area contributed by atoms with Gasteiger partial charge in [0.1, 0.15) is 12.4 Å². The smallest absolute Gasteiger partial charge is 0.239 e. The standard InChI is InChI=1S/C19H28ClN3O2/c1-16(19(24)23-8-2-3-9-23)22-12-10-21(11-13-22)14-15-25-18-6-4-17(20)5-7-18/h4-7,16H,2-3,8-15H2,1H3. The van der Waals surface area contributed by atoms with Gasteiger partial charge in [-0.1, -0.05) is 11.6 Å². The summed E-state index contributed by atoms with van der Waals surface area (Å²) in [6.45, 7) is 9.37. The van der Waals surface area contributed by atoms with Crippen LogP contribution in [0.1, 0.15) is 19.8 Å². The van der Waals surface area contributed by atoms with Gasteiger partial charge in [0.15, 0.2) is 0 Å². The quantitative estimate of drug-likeness (QED) is 0.775. The Morgan fingerprint density at radius 2 is 1.72 bits per heavy atom. The monoisotopic (exact) mass is 365 g/mol. The van der Waals surface area contributed by atoms with Crippen molar-refractivity contribution in [3.05, 3.63) is 29.3 Å². The maximum Gasteiger partial charge on any atom is 0.239 e. The molecule has 0 spiro atoms. The van der Waals surface area contributed by atoms with Gasteiger partial charge in [-0.2, -0.15) is 0 Å². The topological polar surface area (TPSA) is 36.0 Å². The van der Waals surface area contributed by atoms with Gasteiger partial charge in [0.2, 0.25) is 5.91 Å². The average molecular weight is 366 g/mol. The molecule has 5 nitrogen and oxygen atoms in total. The molecule has 2 aliphatic heterocycles. The third kappa shape index (κ3) is 5.09. The number of hydrogen-bond donors (Lipinski definition) is 0. The lowest BCUT2D eigenvalue weighted by molar-refractivity contribution is -0.136. The Kier molecular flexibility index (Phi) is 6.57. The molecule has 2 fully saturated rings. The number of ether oxygens (including phenoxy) is 1. The summed E-state index contributed by atoms with van der Waals surface area (Å²) in [5.41, 5.74) is 0. The van der Waals surface area contributed by atoms with Crippen molar-refractivity contribution in [2.75, 3.05) is 52.4 Å². The molecule has 0 N–H and O–H groups in total. The van der Waals surface area contributed by atoms with E-state index in [1.165, 1.54) is 0 Å². The second kappa shape index (κ2) is 8.88. The van der Waals surface area contributed by atoms with Gasteiger partial charge in [0, 0.05) is 50.8 Å². The van der Waals surface area contributed by atoms with E-state index >= 15 is 0 Å². The summed E-state index contributed by atoms with van der Waals surface area (Å²) < 4.78 is 5.77. The van der Waals surface area contributed by atoms with Crippen molar-refractivity contribution >= 4 is 17.5 Å². The van der Waals surface area contributed by atoms with Gasteiger partial charge < -0.3 is 9.64 Å². The van der Waals surface area contributed by atoms with Crippen molar-refractivity contribution in [2.24, 2.45) is 0 Å². The Morgan fingerprint density at radius 1 is 1.08 bits per heavy atom. The van der Waals surface area contributed by atoms with Crippen LogP contribution in [0.25, 0.3) is 0 Å². The SMILES string of the molecule is CC(C(=O)N1CCCC1)N1CCN(CCOc2ccc(Cl)cc2)CC1. The Balaban J connectivity index is 1.36. The number of benzene rings is 1. The number of nitrogens with zero attached hydrogens (tertiary/aromatic N) is 3. The summed E-state index contributed by atoms with van der Waals surface area (Å²) in [5.74, 6) is 1.16.